The molecule has 118 valence electrons. The third-order valence-corrected chi connectivity index (χ3v) is 4.06. The average Bonchev–Trinajstić information content (AvgIpc) is 2.95. The van der Waals surface area contributed by atoms with Crippen molar-refractivity contribution < 1.29 is 9.90 Å². The summed E-state index contributed by atoms with van der Waals surface area (Å²) in [5.74, 6) is -0.208. The topological polar surface area (TPSA) is 67.2 Å². The summed E-state index contributed by atoms with van der Waals surface area (Å²) >= 11 is 0. The van der Waals surface area contributed by atoms with Gasteiger partial charge in [-0.15, -0.1) is 0 Å². The molecule has 0 fully saturated rings. The summed E-state index contributed by atoms with van der Waals surface area (Å²) in [6.45, 7) is 5.87. The van der Waals surface area contributed by atoms with Crippen molar-refractivity contribution in [1.82, 2.24) is 15.1 Å². The highest BCUT2D eigenvalue weighted by Crippen LogP contribution is 2.15. The van der Waals surface area contributed by atoms with Crippen LogP contribution in [0.15, 0.2) is 36.5 Å². The molecule has 0 saturated carbocycles. The number of hydrogen-bond acceptors (Lipinski definition) is 3. The Hall–Kier alpha value is -2.14. The van der Waals surface area contributed by atoms with E-state index in [1.165, 1.54) is 0 Å². The number of amides is 1. The van der Waals surface area contributed by atoms with Crippen LogP contribution in [-0.4, -0.2) is 32.9 Å². The van der Waals surface area contributed by atoms with Gasteiger partial charge < -0.3 is 10.4 Å². The number of nitrogens with one attached hydrogen (secondary N) is 1. The molecule has 1 amide bonds. The SMILES string of the molecule is CCC(O)(CC)CNC(=O)c1cn(-c2ccccc2)nc1C. The van der Waals surface area contributed by atoms with Gasteiger partial charge in [-0.05, 0) is 31.9 Å². The molecule has 5 heteroatoms. The summed E-state index contributed by atoms with van der Waals surface area (Å²) in [5, 5.41) is 17.4. The van der Waals surface area contributed by atoms with Gasteiger partial charge in [0.25, 0.3) is 5.91 Å². The van der Waals surface area contributed by atoms with Crippen LogP contribution in [0.2, 0.25) is 0 Å². The van der Waals surface area contributed by atoms with Crippen molar-refractivity contribution in [2.45, 2.75) is 39.2 Å². The molecular weight excluding hydrogens is 278 g/mol. The number of para-hydroxylation sites is 1. The van der Waals surface area contributed by atoms with E-state index < -0.39 is 5.60 Å². The molecule has 0 atom stereocenters. The highest BCUT2D eigenvalue weighted by Gasteiger charge is 2.24. The molecule has 0 radical (unpaired) electrons. The molecule has 2 aromatic rings. The van der Waals surface area contributed by atoms with E-state index in [0.717, 1.165) is 5.69 Å². The highest BCUT2D eigenvalue weighted by molar-refractivity contribution is 5.95. The van der Waals surface area contributed by atoms with Gasteiger partial charge in [0.05, 0.1) is 22.5 Å². The van der Waals surface area contributed by atoms with Gasteiger partial charge in [-0.3, -0.25) is 4.79 Å². The lowest BCUT2D eigenvalue weighted by atomic mass is 9.97. The van der Waals surface area contributed by atoms with Crippen LogP contribution in [0.25, 0.3) is 5.69 Å². The van der Waals surface area contributed by atoms with Gasteiger partial charge in [0.1, 0.15) is 0 Å². The second kappa shape index (κ2) is 6.75. The Balaban J connectivity index is 2.13. The fourth-order valence-corrected chi connectivity index (χ4v) is 2.24. The summed E-state index contributed by atoms with van der Waals surface area (Å²) in [4.78, 5) is 12.3. The molecule has 1 aromatic carbocycles. The van der Waals surface area contributed by atoms with E-state index in [9.17, 15) is 9.90 Å². The van der Waals surface area contributed by atoms with Crippen LogP contribution in [0.5, 0.6) is 0 Å². The van der Waals surface area contributed by atoms with Gasteiger partial charge in [0.15, 0.2) is 0 Å². The number of aliphatic hydroxyl groups is 1. The minimum absolute atomic E-state index is 0.208. The van der Waals surface area contributed by atoms with Crippen molar-refractivity contribution >= 4 is 5.91 Å². The summed E-state index contributed by atoms with van der Waals surface area (Å²) < 4.78 is 1.69. The molecule has 0 spiro atoms. The second-order valence-electron chi connectivity index (χ2n) is 5.52. The first-order valence-electron chi connectivity index (χ1n) is 7.61. The molecule has 0 aliphatic rings. The first-order chi connectivity index (χ1) is 10.5. The van der Waals surface area contributed by atoms with Gasteiger partial charge in [-0.2, -0.15) is 5.10 Å². The summed E-state index contributed by atoms with van der Waals surface area (Å²) in [6.07, 6.45) is 2.93. The number of carbonyl (C=O) groups excluding carboxylic acids is 1. The van der Waals surface area contributed by atoms with Crippen LogP contribution in [-0.2, 0) is 0 Å². The number of aromatic nitrogens is 2. The molecule has 1 heterocycles. The number of aryl methyl sites for hydroxylation is 1. The first kappa shape index (κ1) is 16.2. The summed E-state index contributed by atoms with van der Waals surface area (Å²) in [7, 11) is 0. The van der Waals surface area contributed by atoms with Crippen molar-refractivity contribution in [2.75, 3.05) is 6.54 Å². The molecule has 2 N–H and O–H groups in total. The predicted molar refractivity (Wildman–Crippen MR) is 86.2 cm³/mol. The molecular formula is C17H23N3O2. The number of nitrogens with zero attached hydrogens (tertiary/aromatic N) is 2. The van der Waals surface area contributed by atoms with Crippen LogP contribution in [0.4, 0.5) is 0 Å². The van der Waals surface area contributed by atoms with Crippen LogP contribution < -0.4 is 5.32 Å². The van der Waals surface area contributed by atoms with Crippen molar-refractivity contribution in [3.8, 4) is 5.69 Å². The summed E-state index contributed by atoms with van der Waals surface area (Å²) in [6, 6.07) is 9.65. The highest BCUT2D eigenvalue weighted by atomic mass is 16.3. The third kappa shape index (κ3) is 3.54. The maximum absolute atomic E-state index is 12.3. The first-order valence-corrected chi connectivity index (χ1v) is 7.61. The normalized spacial score (nSPS) is 11.5. The van der Waals surface area contributed by atoms with Crippen LogP contribution in [0.1, 0.15) is 42.7 Å². The number of carbonyl (C=O) groups is 1. The molecule has 5 nitrogen and oxygen atoms in total. The van der Waals surface area contributed by atoms with Gasteiger partial charge in [0.2, 0.25) is 0 Å². The van der Waals surface area contributed by atoms with Gasteiger partial charge >= 0.3 is 0 Å². The molecule has 0 aliphatic carbocycles. The van der Waals surface area contributed by atoms with E-state index in [1.807, 2.05) is 44.2 Å². The van der Waals surface area contributed by atoms with E-state index >= 15 is 0 Å². The fraction of sp³-hybridized carbons (Fsp3) is 0.412. The Bertz CT molecular complexity index is 631. The third-order valence-electron chi connectivity index (χ3n) is 4.06. The molecule has 1 aromatic heterocycles. The Kier molecular flexibility index (Phi) is 4.98. The Labute approximate surface area is 131 Å². The predicted octanol–water partition coefficient (Wildman–Crippen LogP) is 2.46. The smallest absolute Gasteiger partial charge is 0.254 e. The van der Waals surface area contributed by atoms with Gasteiger partial charge in [0, 0.05) is 12.7 Å². The molecule has 0 saturated heterocycles. The number of benzene rings is 1. The molecule has 2 rings (SSSR count). The van der Waals surface area contributed by atoms with Crippen molar-refractivity contribution in [2.24, 2.45) is 0 Å². The Morgan fingerprint density at radius 1 is 1.27 bits per heavy atom. The minimum Gasteiger partial charge on any atom is -0.388 e. The van der Waals surface area contributed by atoms with E-state index in [4.69, 9.17) is 0 Å². The standard InChI is InChI=1S/C17H23N3O2/c1-4-17(22,5-2)12-18-16(21)15-11-20(19-13(15)3)14-9-7-6-8-10-14/h6-11,22H,4-5,12H2,1-3H3,(H,18,21). The van der Waals surface area contributed by atoms with E-state index in [2.05, 4.69) is 10.4 Å². The monoisotopic (exact) mass is 301 g/mol. The molecule has 0 aliphatic heterocycles. The lowest BCUT2D eigenvalue weighted by Crippen LogP contribution is -2.42. The number of rotatable bonds is 6. The Morgan fingerprint density at radius 2 is 1.91 bits per heavy atom. The zero-order valence-electron chi connectivity index (χ0n) is 13.3. The minimum atomic E-state index is -0.848. The largest absolute Gasteiger partial charge is 0.388 e. The van der Waals surface area contributed by atoms with Crippen molar-refractivity contribution in [1.29, 1.82) is 0 Å². The fourth-order valence-electron chi connectivity index (χ4n) is 2.24. The maximum Gasteiger partial charge on any atom is 0.254 e. The lowest BCUT2D eigenvalue weighted by molar-refractivity contribution is 0.0314. The van der Waals surface area contributed by atoms with E-state index in [-0.39, 0.29) is 12.5 Å². The quantitative estimate of drug-likeness (QED) is 0.861. The average molecular weight is 301 g/mol. The van der Waals surface area contributed by atoms with Crippen LogP contribution >= 0.6 is 0 Å². The van der Waals surface area contributed by atoms with E-state index in [0.29, 0.717) is 24.1 Å². The number of hydrogen-bond donors (Lipinski definition) is 2. The summed E-state index contributed by atoms with van der Waals surface area (Å²) in [5.41, 5.74) is 1.25. The zero-order valence-corrected chi connectivity index (χ0v) is 13.3. The molecule has 22 heavy (non-hydrogen) atoms. The molecule has 0 bridgehead atoms. The Morgan fingerprint density at radius 3 is 2.50 bits per heavy atom. The van der Waals surface area contributed by atoms with Gasteiger partial charge in [-0.25, -0.2) is 4.68 Å². The van der Waals surface area contributed by atoms with Crippen LogP contribution in [0, 0.1) is 6.92 Å². The lowest BCUT2D eigenvalue weighted by Gasteiger charge is -2.25. The maximum atomic E-state index is 12.3. The van der Waals surface area contributed by atoms with Crippen molar-refractivity contribution in [3.05, 3.63) is 47.8 Å². The van der Waals surface area contributed by atoms with E-state index in [1.54, 1.807) is 17.8 Å². The van der Waals surface area contributed by atoms with Gasteiger partial charge in [-0.1, -0.05) is 32.0 Å². The van der Waals surface area contributed by atoms with Crippen molar-refractivity contribution in [3.63, 3.8) is 0 Å². The second-order valence-corrected chi connectivity index (χ2v) is 5.52. The van der Waals surface area contributed by atoms with Crippen LogP contribution in [0.3, 0.4) is 0 Å². The molecule has 0 unspecified atom stereocenters. The zero-order chi connectivity index (χ0) is 16.2.